The van der Waals surface area contributed by atoms with Gasteiger partial charge in [-0.2, -0.15) is 5.10 Å². The lowest BCUT2D eigenvalue weighted by Crippen LogP contribution is -2.49. The molecule has 0 saturated heterocycles. The molecule has 0 amide bonds. The Bertz CT molecular complexity index is 382. The third-order valence-electron chi connectivity index (χ3n) is 3.74. The number of nitrogens with two attached hydrogens (primary N) is 1. The van der Waals surface area contributed by atoms with Crippen molar-refractivity contribution in [2.75, 3.05) is 7.11 Å². The highest BCUT2D eigenvalue weighted by atomic mass is 35.5. The van der Waals surface area contributed by atoms with Gasteiger partial charge in [0, 0.05) is 13.7 Å². The van der Waals surface area contributed by atoms with Gasteiger partial charge < -0.3 is 10.5 Å². The first-order valence-electron chi connectivity index (χ1n) is 6.16. The van der Waals surface area contributed by atoms with Gasteiger partial charge in [-0.15, -0.1) is 0 Å². The van der Waals surface area contributed by atoms with Crippen LogP contribution in [0.5, 0.6) is 0 Å². The molecule has 1 aliphatic carbocycles. The fraction of sp³-hybridized carbons (Fsp3) is 0.750. The first-order valence-corrected chi connectivity index (χ1v) is 6.54. The smallest absolute Gasteiger partial charge is 0.0886 e. The van der Waals surface area contributed by atoms with Crippen molar-refractivity contribution in [3.63, 3.8) is 0 Å². The van der Waals surface area contributed by atoms with Crippen molar-refractivity contribution < 1.29 is 4.74 Å². The van der Waals surface area contributed by atoms with E-state index in [0.29, 0.717) is 5.02 Å². The standard InChI is InChI=1S/C12H20ClN3O/c1-3-7-16-10(9(13)8-15-16)11(14)12(17-2)5-4-6-12/h8,11H,3-7,14H2,1-2H3. The van der Waals surface area contributed by atoms with Gasteiger partial charge in [0.15, 0.2) is 0 Å². The van der Waals surface area contributed by atoms with E-state index in [1.54, 1.807) is 13.3 Å². The predicted molar refractivity (Wildman–Crippen MR) is 68.0 cm³/mol. The summed E-state index contributed by atoms with van der Waals surface area (Å²) in [6, 6.07) is -0.192. The molecule has 0 spiro atoms. The Hall–Kier alpha value is -0.580. The second-order valence-corrected chi connectivity index (χ2v) is 5.11. The van der Waals surface area contributed by atoms with Gasteiger partial charge in [-0.05, 0) is 25.7 Å². The minimum absolute atomic E-state index is 0.192. The van der Waals surface area contributed by atoms with Gasteiger partial charge in [-0.1, -0.05) is 18.5 Å². The molecule has 1 saturated carbocycles. The van der Waals surface area contributed by atoms with E-state index in [-0.39, 0.29) is 11.6 Å². The van der Waals surface area contributed by atoms with Gasteiger partial charge in [0.1, 0.15) is 0 Å². The van der Waals surface area contributed by atoms with Crippen molar-refractivity contribution in [3.8, 4) is 0 Å². The molecule has 1 heterocycles. The number of halogens is 1. The number of ether oxygens (including phenoxy) is 1. The van der Waals surface area contributed by atoms with E-state index in [2.05, 4.69) is 12.0 Å². The van der Waals surface area contributed by atoms with Gasteiger partial charge in [0.25, 0.3) is 0 Å². The molecule has 1 unspecified atom stereocenters. The molecule has 0 aliphatic heterocycles. The van der Waals surface area contributed by atoms with E-state index in [0.717, 1.165) is 31.5 Å². The van der Waals surface area contributed by atoms with Crippen molar-refractivity contribution in [2.45, 2.75) is 50.8 Å². The molecule has 17 heavy (non-hydrogen) atoms. The maximum absolute atomic E-state index is 6.35. The molecule has 0 radical (unpaired) electrons. The highest BCUT2D eigenvalue weighted by Gasteiger charge is 2.45. The van der Waals surface area contributed by atoms with E-state index in [9.17, 15) is 0 Å². The second kappa shape index (κ2) is 4.96. The lowest BCUT2D eigenvalue weighted by molar-refractivity contribution is -0.0927. The topological polar surface area (TPSA) is 53.1 Å². The van der Waals surface area contributed by atoms with Crippen LogP contribution < -0.4 is 5.73 Å². The number of methoxy groups -OCH3 is 1. The highest BCUT2D eigenvalue weighted by Crippen LogP contribution is 2.44. The average Bonchev–Trinajstić information content (AvgIpc) is 2.59. The Morgan fingerprint density at radius 1 is 1.65 bits per heavy atom. The zero-order chi connectivity index (χ0) is 12.5. The molecular weight excluding hydrogens is 238 g/mol. The van der Waals surface area contributed by atoms with Crippen molar-refractivity contribution in [2.24, 2.45) is 5.73 Å². The SMILES string of the molecule is CCCn1ncc(Cl)c1C(N)C1(OC)CCC1. The van der Waals surface area contributed by atoms with Crippen LogP contribution >= 0.6 is 11.6 Å². The van der Waals surface area contributed by atoms with Crippen molar-refractivity contribution in [1.82, 2.24) is 9.78 Å². The summed E-state index contributed by atoms with van der Waals surface area (Å²) in [5, 5.41) is 4.93. The van der Waals surface area contributed by atoms with E-state index in [1.165, 1.54) is 6.42 Å². The van der Waals surface area contributed by atoms with Crippen molar-refractivity contribution in [3.05, 3.63) is 16.9 Å². The summed E-state index contributed by atoms with van der Waals surface area (Å²) in [5.74, 6) is 0. The second-order valence-electron chi connectivity index (χ2n) is 4.70. The monoisotopic (exact) mass is 257 g/mol. The maximum atomic E-state index is 6.35. The summed E-state index contributed by atoms with van der Waals surface area (Å²) in [4.78, 5) is 0. The number of aromatic nitrogens is 2. The van der Waals surface area contributed by atoms with Crippen LogP contribution in [0.4, 0.5) is 0 Å². The molecular formula is C12H20ClN3O. The molecule has 2 N–H and O–H groups in total. The minimum atomic E-state index is -0.241. The summed E-state index contributed by atoms with van der Waals surface area (Å²) in [7, 11) is 1.73. The molecule has 0 bridgehead atoms. The maximum Gasteiger partial charge on any atom is 0.0886 e. The van der Waals surface area contributed by atoms with Crippen molar-refractivity contribution in [1.29, 1.82) is 0 Å². The fourth-order valence-corrected chi connectivity index (χ4v) is 2.75. The Balaban J connectivity index is 2.29. The Labute approximate surface area is 107 Å². The van der Waals surface area contributed by atoms with Crippen LogP contribution in [0.25, 0.3) is 0 Å². The molecule has 2 rings (SSSR count). The summed E-state index contributed by atoms with van der Waals surface area (Å²) in [5.41, 5.74) is 7.02. The van der Waals surface area contributed by atoms with Crippen LogP contribution in [0.15, 0.2) is 6.20 Å². The first-order chi connectivity index (χ1) is 8.14. The molecule has 0 aromatic carbocycles. The van der Waals surface area contributed by atoms with E-state index in [4.69, 9.17) is 22.1 Å². The quantitative estimate of drug-likeness (QED) is 0.882. The lowest BCUT2D eigenvalue weighted by atomic mass is 9.73. The Kier molecular flexibility index (Phi) is 3.76. The highest BCUT2D eigenvalue weighted by molar-refractivity contribution is 6.31. The van der Waals surface area contributed by atoms with Crippen LogP contribution in [0, 0.1) is 0 Å². The molecule has 1 atom stereocenters. The van der Waals surface area contributed by atoms with Crippen LogP contribution in [0.2, 0.25) is 5.02 Å². The van der Waals surface area contributed by atoms with Gasteiger partial charge in [-0.3, -0.25) is 4.68 Å². The zero-order valence-electron chi connectivity index (χ0n) is 10.4. The van der Waals surface area contributed by atoms with Gasteiger partial charge in [-0.25, -0.2) is 0 Å². The third-order valence-corrected chi connectivity index (χ3v) is 4.03. The number of hydrogen-bond acceptors (Lipinski definition) is 3. The first kappa shape index (κ1) is 12.9. The summed E-state index contributed by atoms with van der Waals surface area (Å²) < 4.78 is 7.53. The summed E-state index contributed by atoms with van der Waals surface area (Å²) >= 11 is 6.20. The summed E-state index contributed by atoms with van der Waals surface area (Å²) in [6.45, 7) is 2.95. The molecule has 1 aromatic rings. The van der Waals surface area contributed by atoms with Gasteiger partial charge in [0.05, 0.1) is 28.6 Å². The van der Waals surface area contributed by atoms with Crippen molar-refractivity contribution >= 4 is 11.6 Å². The van der Waals surface area contributed by atoms with E-state index < -0.39 is 0 Å². The summed E-state index contributed by atoms with van der Waals surface area (Å²) in [6.07, 6.45) is 5.85. The lowest BCUT2D eigenvalue weighted by Gasteiger charge is -2.45. The van der Waals surface area contributed by atoms with Crippen LogP contribution in [-0.4, -0.2) is 22.5 Å². The normalized spacial score (nSPS) is 20.0. The van der Waals surface area contributed by atoms with Crippen LogP contribution in [0.3, 0.4) is 0 Å². The fourth-order valence-electron chi connectivity index (χ4n) is 2.49. The molecule has 4 nitrogen and oxygen atoms in total. The predicted octanol–water partition coefficient (Wildman–Crippen LogP) is 2.52. The molecule has 96 valence electrons. The largest absolute Gasteiger partial charge is 0.376 e. The number of rotatable bonds is 5. The number of hydrogen-bond donors (Lipinski definition) is 1. The van der Waals surface area contributed by atoms with E-state index >= 15 is 0 Å². The zero-order valence-corrected chi connectivity index (χ0v) is 11.2. The van der Waals surface area contributed by atoms with Crippen LogP contribution in [0.1, 0.15) is 44.3 Å². The third kappa shape index (κ3) is 2.09. The molecule has 1 aliphatic rings. The molecule has 1 aromatic heterocycles. The van der Waals surface area contributed by atoms with Crippen LogP contribution in [-0.2, 0) is 11.3 Å². The van der Waals surface area contributed by atoms with E-state index in [1.807, 2.05) is 4.68 Å². The Morgan fingerprint density at radius 3 is 2.82 bits per heavy atom. The van der Waals surface area contributed by atoms with Gasteiger partial charge in [0.2, 0.25) is 0 Å². The molecule has 5 heteroatoms. The minimum Gasteiger partial charge on any atom is -0.376 e. The van der Waals surface area contributed by atoms with Gasteiger partial charge >= 0.3 is 0 Å². The number of nitrogens with zero attached hydrogens (tertiary/aromatic N) is 2. The average molecular weight is 258 g/mol. The molecule has 1 fully saturated rings. The Morgan fingerprint density at radius 2 is 2.35 bits per heavy atom. The number of aryl methyl sites for hydroxylation is 1.